The lowest BCUT2D eigenvalue weighted by molar-refractivity contribution is 0.251. The van der Waals surface area contributed by atoms with E-state index in [0.29, 0.717) is 6.54 Å². The maximum absolute atomic E-state index is 11.8. The monoisotopic (exact) mass is 270 g/mol. The molecule has 1 atom stereocenters. The Bertz CT molecular complexity index is 633. The molecule has 0 aliphatic rings. The highest BCUT2D eigenvalue weighted by atomic mass is 16.2. The third-order valence-corrected chi connectivity index (χ3v) is 3.14. The molecule has 20 heavy (non-hydrogen) atoms. The fourth-order valence-corrected chi connectivity index (χ4v) is 1.86. The Balaban J connectivity index is 2.05. The summed E-state index contributed by atoms with van der Waals surface area (Å²) in [7, 11) is 0. The van der Waals surface area contributed by atoms with Crippen LogP contribution in [0.5, 0.6) is 0 Å². The number of hydrogen-bond donors (Lipinski definition) is 4. The Morgan fingerprint density at radius 1 is 1.25 bits per heavy atom. The van der Waals surface area contributed by atoms with Gasteiger partial charge in [-0.3, -0.25) is 5.41 Å². The molecule has 2 rings (SSSR count). The third-order valence-electron chi connectivity index (χ3n) is 3.14. The number of carbonyl (C=O) groups is 1. The lowest BCUT2D eigenvalue weighted by Gasteiger charge is -2.13. The Kier molecular flexibility index (Phi) is 4.20. The molecule has 0 aliphatic carbocycles. The molecule has 0 saturated heterocycles. The van der Waals surface area contributed by atoms with E-state index in [4.69, 9.17) is 11.1 Å². The van der Waals surface area contributed by atoms with Crippen molar-refractivity contribution >= 4 is 28.3 Å². The smallest absolute Gasteiger partial charge is 0.319 e. The van der Waals surface area contributed by atoms with E-state index in [1.807, 2.05) is 42.5 Å². The van der Waals surface area contributed by atoms with E-state index in [1.165, 1.54) is 0 Å². The van der Waals surface area contributed by atoms with Crippen LogP contribution >= 0.6 is 0 Å². The highest BCUT2D eigenvalue weighted by Crippen LogP contribution is 2.22. The molecule has 1 unspecified atom stereocenters. The van der Waals surface area contributed by atoms with Gasteiger partial charge in [-0.1, -0.05) is 43.3 Å². The van der Waals surface area contributed by atoms with Crippen molar-refractivity contribution in [2.24, 2.45) is 11.7 Å². The topological polar surface area (TPSA) is 91.0 Å². The van der Waals surface area contributed by atoms with Crippen LogP contribution in [-0.4, -0.2) is 18.4 Å². The van der Waals surface area contributed by atoms with Crippen molar-refractivity contribution in [2.75, 3.05) is 11.9 Å². The van der Waals surface area contributed by atoms with Crippen LogP contribution in [0.3, 0.4) is 0 Å². The van der Waals surface area contributed by atoms with Crippen molar-refractivity contribution in [1.82, 2.24) is 5.32 Å². The van der Waals surface area contributed by atoms with E-state index in [0.717, 1.165) is 16.5 Å². The molecule has 0 bridgehead atoms. The molecular weight excluding hydrogens is 252 g/mol. The number of nitrogens with one attached hydrogen (secondary N) is 3. The summed E-state index contributed by atoms with van der Waals surface area (Å²) in [4.78, 5) is 11.8. The van der Waals surface area contributed by atoms with E-state index in [9.17, 15) is 4.79 Å². The number of rotatable bonds is 4. The van der Waals surface area contributed by atoms with Gasteiger partial charge in [-0.2, -0.15) is 0 Å². The van der Waals surface area contributed by atoms with Crippen LogP contribution in [0.4, 0.5) is 10.5 Å². The molecule has 0 heterocycles. The van der Waals surface area contributed by atoms with Gasteiger partial charge in [0.05, 0.1) is 11.5 Å². The van der Waals surface area contributed by atoms with Gasteiger partial charge in [0.25, 0.3) is 0 Å². The zero-order chi connectivity index (χ0) is 14.5. The first kappa shape index (κ1) is 13.9. The maximum atomic E-state index is 11.8. The van der Waals surface area contributed by atoms with Crippen molar-refractivity contribution in [2.45, 2.75) is 6.92 Å². The van der Waals surface area contributed by atoms with Crippen molar-refractivity contribution in [1.29, 1.82) is 5.41 Å². The van der Waals surface area contributed by atoms with Crippen LogP contribution in [0.2, 0.25) is 0 Å². The number of amidine groups is 1. The van der Waals surface area contributed by atoms with Gasteiger partial charge in [-0.15, -0.1) is 0 Å². The first-order chi connectivity index (χ1) is 9.58. The van der Waals surface area contributed by atoms with Crippen molar-refractivity contribution in [3.05, 3.63) is 42.5 Å². The largest absolute Gasteiger partial charge is 0.387 e. The molecular formula is C15H18N4O. The third kappa shape index (κ3) is 3.26. The SMILES string of the molecule is CC(CNC(=O)Nc1cccc2ccccc12)C(=N)N. The molecule has 5 nitrogen and oxygen atoms in total. The number of nitrogens with two attached hydrogens (primary N) is 1. The lowest BCUT2D eigenvalue weighted by atomic mass is 10.1. The molecule has 0 radical (unpaired) electrons. The molecule has 5 heteroatoms. The predicted molar refractivity (Wildman–Crippen MR) is 82.0 cm³/mol. The Morgan fingerprint density at radius 3 is 2.70 bits per heavy atom. The molecule has 5 N–H and O–H groups in total. The number of carbonyl (C=O) groups excluding carboxylic acids is 1. The zero-order valence-electron chi connectivity index (χ0n) is 11.3. The second kappa shape index (κ2) is 6.06. The minimum absolute atomic E-state index is 0.0652. The molecule has 0 aromatic heterocycles. The fourth-order valence-electron chi connectivity index (χ4n) is 1.86. The Labute approximate surface area is 117 Å². The molecule has 104 valence electrons. The summed E-state index contributed by atoms with van der Waals surface area (Å²) in [6.07, 6.45) is 0. The fraction of sp³-hybridized carbons (Fsp3) is 0.200. The summed E-state index contributed by atoms with van der Waals surface area (Å²) in [6.45, 7) is 2.13. The second-order valence-corrected chi connectivity index (χ2v) is 4.72. The maximum Gasteiger partial charge on any atom is 0.319 e. The Morgan fingerprint density at radius 2 is 1.95 bits per heavy atom. The van der Waals surface area contributed by atoms with Crippen molar-refractivity contribution < 1.29 is 4.79 Å². The molecule has 0 aliphatic heterocycles. The summed E-state index contributed by atoms with van der Waals surface area (Å²) in [5, 5.41) is 14.9. The minimum Gasteiger partial charge on any atom is -0.387 e. The molecule has 0 fully saturated rings. The van der Waals surface area contributed by atoms with Crippen LogP contribution in [0, 0.1) is 11.3 Å². The van der Waals surface area contributed by atoms with Crippen molar-refractivity contribution in [3.63, 3.8) is 0 Å². The van der Waals surface area contributed by atoms with Crippen LogP contribution in [0.25, 0.3) is 10.8 Å². The normalized spacial score (nSPS) is 11.8. The second-order valence-electron chi connectivity index (χ2n) is 4.72. The van der Waals surface area contributed by atoms with Crippen LogP contribution in [-0.2, 0) is 0 Å². The van der Waals surface area contributed by atoms with E-state index in [1.54, 1.807) is 6.92 Å². The molecule has 0 saturated carbocycles. The zero-order valence-corrected chi connectivity index (χ0v) is 11.3. The van der Waals surface area contributed by atoms with Gasteiger partial charge in [0, 0.05) is 17.8 Å². The minimum atomic E-state index is -0.297. The van der Waals surface area contributed by atoms with Gasteiger partial charge in [-0.25, -0.2) is 4.79 Å². The summed E-state index contributed by atoms with van der Waals surface area (Å²) in [6, 6.07) is 13.3. The molecule has 2 aromatic carbocycles. The van der Waals surface area contributed by atoms with Gasteiger partial charge in [0.1, 0.15) is 0 Å². The first-order valence-corrected chi connectivity index (χ1v) is 6.44. The average molecular weight is 270 g/mol. The molecule has 2 aromatic rings. The summed E-state index contributed by atoms with van der Waals surface area (Å²) >= 11 is 0. The van der Waals surface area contributed by atoms with Gasteiger partial charge in [0.15, 0.2) is 0 Å². The quantitative estimate of drug-likeness (QED) is 0.508. The van der Waals surface area contributed by atoms with Gasteiger partial charge < -0.3 is 16.4 Å². The lowest BCUT2D eigenvalue weighted by Crippen LogP contribution is -2.36. The van der Waals surface area contributed by atoms with E-state index >= 15 is 0 Å². The standard InChI is InChI=1S/C15H18N4O/c1-10(14(16)17)9-18-15(20)19-13-8-4-6-11-5-2-3-7-12(11)13/h2-8,10H,9H2,1H3,(H3,16,17)(H2,18,19,20). The van der Waals surface area contributed by atoms with Gasteiger partial charge in [0.2, 0.25) is 0 Å². The van der Waals surface area contributed by atoms with Crippen molar-refractivity contribution in [3.8, 4) is 0 Å². The molecule has 0 spiro atoms. The Hall–Kier alpha value is -2.56. The predicted octanol–water partition coefficient (Wildman–Crippen LogP) is 2.53. The number of urea groups is 1. The first-order valence-electron chi connectivity index (χ1n) is 6.44. The highest BCUT2D eigenvalue weighted by Gasteiger charge is 2.08. The number of fused-ring (bicyclic) bond motifs is 1. The summed E-state index contributed by atoms with van der Waals surface area (Å²) in [5.41, 5.74) is 6.12. The number of amides is 2. The van der Waals surface area contributed by atoms with E-state index in [-0.39, 0.29) is 17.8 Å². The number of hydrogen-bond acceptors (Lipinski definition) is 2. The summed E-state index contributed by atoms with van der Waals surface area (Å²) in [5.74, 6) is -0.108. The van der Waals surface area contributed by atoms with Crippen LogP contribution in [0.15, 0.2) is 42.5 Å². The van der Waals surface area contributed by atoms with Gasteiger partial charge >= 0.3 is 6.03 Å². The van der Waals surface area contributed by atoms with Crippen LogP contribution < -0.4 is 16.4 Å². The van der Waals surface area contributed by atoms with Gasteiger partial charge in [-0.05, 0) is 11.5 Å². The van der Waals surface area contributed by atoms with Crippen LogP contribution in [0.1, 0.15) is 6.92 Å². The number of anilines is 1. The van der Waals surface area contributed by atoms with E-state index in [2.05, 4.69) is 10.6 Å². The van der Waals surface area contributed by atoms with E-state index < -0.39 is 0 Å². The molecule has 2 amide bonds. The number of benzene rings is 2. The average Bonchev–Trinajstić information content (AvgIpc) is 2.45. The highest BCUT2D eigenvalue weighted by molar-refractivity contribution is 6.01. The summed E-state index contributed by atoms with van der Waals surface area (Å²) < 4.78 is 0.